The summed E-state index contributed by atoms with van der Waals surface area (Å²) in [5.41, 5.74) is 1.46. The van der Waals surface area contributed by atoms with Gasteiger partial charge < -0.3 is 5.11 Å². The monoisotopic (exact) mass is 236 g/mol. The van der Waals surface area contributed by atoms with Crippen LogP contribution in [-0.2, 0) is 0 Å². The first kappa shape index (κ1) is 11.9. The third-order valence-electron chi connectivity index (χ3n) is 2.44. The number of Topliss-reactive ketones (excluding diaryl/α,β-unsaturated/α-hetero) is 1. The first-order valence-corrected chi connectivity index (χ1v) is 5.62. The Morgan fingerprint density at radius 3 is 2.33 bits per heavy atom. The van der Waals surface area contributed by atoms with Crippen molar-refractivity contribution in [2.45, 2.75) is 6.42 Å². The number of rotatable bonds is 2. The molecule has 0 aliphatic rings. The average molecular weight is 236 g/mol. The molecule has 2 rings (SSSR count). The maximum Gasteiger partial charge on any atom is 0.174 e. The largest absolute Gasteiger partial charge is 0.508 e. The Morgan fingerprint density at radius 1 is 1.00 bits per heavy atom. The van der Waals surface area contributed by atoms with Crippen LogP contribution in [0.2, 0.25) is 0 Å². The molecule has 0 aromatic heterocycles. The summed E-state index contributed by atoms with van der Waals surface area (Å²) in [5, 5.41) is 9.12. The molecule has 1 N–H and O–H groups in total. The van der Waals surface area contributed by atoms with Gasteiger partial charge in [-0.05, 0) is 36.4 Å². The summed E-state index contributed by atoms with van der Waals surface area (Å²) in [4.78, 5) is 11.8. The maximum absolute atomic E-state index is 11.8. The molecule has 18 heavy (non-hydrogen) atoms. The van der Waals surface area contributed by atoms with E-state index in [9.17, 15) is 4.79 Å². The Hall–Kier alpha value is -2.53. The van der Waals surface area contributed by atoms with E-state index in [2.05, 4.69) is 11.8 Å². The zero-order valence-electron chi connectivity index (χ0n) is 9.76. The van der Waals surface area contributed by atoms with Gasteiger partial charge in [0.15, 0.2) is 5.78 Å². The second-order valence-electron chi connectivity index (χ2n) is 3.81. The van der Waals surface area contributed by atoms with E-state index < -0.39 is 0 Å². The number of carbonyl (C=O) groups is 1. The van der Waals surface area contributed by atoms with Gasteiger partial charge in [-0.25, -0.2) is 0 Å². The topological polar surface area (TPSA) is 37.3 Å². The molecule has 2 aromatic rings. The standard InChI is InChI=1S/C16H12O2/c17-15-11-9-14(10-12-15)16(18)8-4-7-13-5-2-1-3-6-13/h1-3,5-6,9-12,17H,8H2. The fraction of sp³-hybridized carbons (Fsp3) is 0.0625. The van der Waals surface area contributed by atoms with Crippen LogP contribution in [0.15, 0.2) is 54.6 Å². The molecule has 0 heterocycles. The van der Waals surface area contributed by atoms with Crippen molar-refractivity contribution >= 4 is 5.78 Å². The molecule has 0 aliphatic heterocycles. The predicted molar refractivity (Wildman–Crippen MR) is 70.4 cm³/mol. The van der Waals surface area contributed by atoms with Crippen molar-refractivity contribution in [3.8, 4) is 17.6 Å². The molecule has 0 bridgehead atoms. The van der Waals surface area contributed by atoms with Gasteiger partial charge in [-0.15, -0.1) is 0 Å². The Morgan fingerprint density at radius 2 is 1.67 bits per heavy atom. The van der Waals surface area contributed by atoms with Crippen molar-refractivity contribution in [2.75, 3.05) is 0 Å². The lowest BCUT2D eigenvalue weighted by atomic mass is 10.1. The van der Waals surface area contributed by atoms with Crippen molar-refractivity contribution in [1.29, 1.82) is 0 Å². The number of hydrogen-bond donors (Lipinski definition) is 1. The lowest BCUT2D eigenvalue weighted by Crippen LogP contribution is -1.96. The predicted octanol–water partition coefficient (Wildman–Crippen LogP) is 3.02. The zero-order chi connectivity index (χ0) is 12.8. The number of phenolic OH excluding ortho intramolecular Hbond substituents is 1. The van der Waals surface area contributed by atoms with Gasteiger partial charge in [0.2, 0.25) is 0 Å². The molecule has 0 saturated heterocycles. The van der Waals surface area contributed by atoms with Crippen LogP contribution in [0.1, 0.15) is 22.3 Å². The summed E-state index contributed by atoms with van der Waals surface area (Å²) in [7, 11) is 0. The highest BCUT2D eigenvalue weighted by Gasteiger charge is 2.02. The van der Waals surface area contributed by atoms with Gasteiger partial charge in [0.05, 0.1) is 6.42 Å². The first-order valence-electron chi connectivity index (χ1n) is 5.62. The minimum Gasteiger partial charge on any atom is -0.508 e. The highest BCUT2D eigenvalue weighted by Crippen LogP contribution is 2.11. The smallest absolute Gasteiger partial charge is 0.174 e. The van der Waals surface area contributed by atoms with E-state index in [0.717, 1.165) is 5.56 Å². The van der Waals surface area contributed by atoms with Gasteiger partial charge >= 0.3 is 0 Å². The van der Waals surface area contributed by atoms with E-state index in [0.29, 0.717) is 5.56 Å². The lowest BCUT2D eigenvalue weighted by Gasteiger charge is -1.96. The lowest BCUT2D eigenvalue weighted by molar-refractivity contribution is 0.0998. The Bertz CT molecular complexity index is 586. The van der Waals surface area contributed by atoms with Crippen molar-refractivity contribution in [1.82, 2.24) is 0 Å². The van der Waals surface area contributed by atoms with Crippen molar-refractivity contribution in [3.63, 3.8) is 0 Å². The summed E-state index contributed by atoms with van der Waals surface area (Å²) in [6, 6.07) is 15.7. The normalized spacial score (nSPS) is 9.33. The quantitative estimate of drug-likeness (QED) is 0.643. The molecule has 2 aromatic carbocycles. The molecular weight excluding hydrogens is 224 g/mol. The van der Waals surface area contributed by atoms with Crippen LogP contribution in [0, 0.1) is 11.8 Å². The van der Waals surface area contributed by atoms with Gasteiger partial charge in [0.25, 0.3) is 0 Å². The van der Waals surface area contributed by atoms with E-state index in [4.69, 9.17) is 5.11 Å². The fourth-order valence-electron chi connectivity index (χ4n) is 1.50. The van der Waals surface area contributed by atoms with E-state index in [-0.39, 0.29) is 18.0 Å². The molecular formula is C16H12O2. The third-order valence-corrected chi connectivity index (χ3v) is 2.44. The molecule has 2 heteroatoms. The average Bonchev–Trinajstić information content (AvgIpc) is 2.40. The third kappa shape index (κ3) is 3.23. The molecule has 0 radical (unpaired) electrons. The van der Waals surface area contributed by atoms with Crippen LogP contribution in [0.5, 0.6) is 5.75 Å². The van der Waals surface area contributed by atoms with Gasteiger partial charge in [0.1, 0.15) is 5.75 Å². The minimum absolute atomic E-state index is 0.0431. The molecule has 0 fully saturated rings. The molecule has 0 amide bonds. The van der Waals surface area contributed by atoms with Crippen molar-refractivity contribution in [2.24, 2.45) is 0 Å². The highest BCUT2D eigenvalue weighted by molar-refractivity contribution is 5.97. The SMILES string of the molecule is O=C(CC#Cc1ccccc1)c1ccc(O)cc1. The van der Waals surface area contributed by atoms with Crippen molar-refractivity contribution < 1.29 is 9.90 Å². The molecule has 2 nitrogen and oxygen atoms in total. The number of phenols is 1. The number of carbonyl (C=O) groups excluding carboxylic acids is 1. The summed E-state index contributed by atoms with van der Waals surface area (Å²) in [6.07, 6.45) is 0.180. The molecule has 0 atom stereocenters. The van der Waals surface area contributed by atoms with E-state index in [1.807, 2.05) is 30.3 Å². The van der Waals surface area contributed by atoms with Crippen LogP contribution in [-0.4, -0.2) is 10.9 Å². The zero-order valence-corrected chi connectivity index (χ0v) is 9.76. The summed E-state index contributed by atoms with van der Waals surface area (Å²) in [5.74, 6) is 5.90. The second-order valence-corrected chi connectivity index (χ2v) is 3.81. The molecule has 0 saturated carbocycles. The summed E-state index contributed by atoms with van der Waals surface area (Å²) < 4.78 is 0. The van der Waals surface area contributed by atoms with Gasteiger partial charge in [-0.1, -0.05) is 30.0 Å². The summed E-state index contributed by atoms with van der Waals surface area (Å²) in [6.45, 7) is 0. The molecule has 0 aliphatic carbocycles. The van der Waals surface area contributed by atoms with Crippen LogP contribution >= 0.6 is 0 Å². The van der Waals surface area contributed by atoms with Crippen LogP contribution in [0.25, 0.3) is 0 Å². The second kappa shape index (κ2) is 5.70. The van der Waals surface area contributed by atoms with Crippen LogP contribution in [0.3, 0.4) is 0 Å². The van der Waals surface area contributed by atoms with Gasteiger partial charge in [-0.2, -0.15) is 0 Å². The molecule has 0 unspecified atom stereocenters. The summed E-state index contributed by atoms with van der Waals surface area (Å²) >= 11 is 0. The molecule has 88 valence electrons. The number of benzene rings is 2. The Labute approximate surface area is 106 Å². The number of hydrogen-bond acceptors (Lipinski definition) is 2. The molecule has 0 spiro atoms. The van der Waals surface area contributed by atoms with Gasteiger partial charge in [0, 0.05) is 11.1 Å². The highest BCUT2D eigenvalue weighted by atomic mass is 16.3. The van der Waals surface area contributed by atoms with Crippen LogP contribution in [0.4, 0.5) is 0 Å². The Balaban J connectivity index is 2.01. The number of ketones is 1. The first-order chi connectivity index (χ1) is 8.75. The van der Waals surface area contributed by atoms with E-state index in [1.165, 1.54) is 12.1 Å². The fourth-order valence-corrected chi connectivity index (χ4v) is 1.50. The number of aromatic hydroxyl groups is 1. The minimum atomic E-state index is -0.0431. The maximum atomic E-state index is 11.8. The Kier molecular flexibility index (Phi) is 3.78. The van der Waals surface area contributed by atoms with Crippen LogP contribution < -0.4 is 0 Å². The van der Waals surface area contributed by atoms with E-state index in [1.54, 1.807) is 12.1 Å². The van der Waals surface area contributed by atoms with E-state index >= 15 is 0 Å². The van der Waals surface area contributed by atoms with Gasteiger partial charge in [-0.3, -0.25) is 4.79 Å². The van der Waals surface area contributed by atoms with Crippen molar-refractivity contribution in [3.05, 3.63) is 65.7 Å².